The van der Waals surface area contributed by atoms with Gasteiger partial charge in [0.1, 0.15) is 0 Å². The lowest BCUT2D eigenvalue weighted by molar-refractivity contribution is -0.384. The number of non-ortho nitro benzene ring substituents is 1. The van der Waals surface area contributed by atoms with Crippen LogP contribution in [0.5, 0.6) is 11.8 Å². The molecule has 0 atom stereocenters. The Kier molecular flexibility index (Phi) is 2.20. The van der Waals surface area contributed by atoms with Crippen molar-refractivity contribution in [2.24, 2.45) is 0 Å². The van der Waals surface area contributed by atoms with Crippen LogP contribution in [-0.4, -0.2) is 20.1 Å². The minimum absolute atomic E-state index is 0.00935. The summed E-state index contributed by atoms with van der Waals surface area (Å²) in [4.78, 5) is 13.4. The normalized spacial score (nSPS) is 10.2. The number of hydrogen-bond acceptors (Lipinski definition) is 6. The average Bonchev–Trinajstić information content (AvgIpc) is 2.59. The summed E-state index contributed by atoms with van der Waals surface area (Å²) in [6.07, 6.45) is 0. The second kappa shape index (κ2) is 3.54. The van der Waals surface area contributed by atoms with Gasteiger partial charge in [-0.25, -0.2) is 0 Å². The summed E-state index contributed by atoms with van der Waals surface area (Å²) in [5.74, 6) is -1.31. The maximum atomic E-state index is 10.4. The molecular weight excluding hydrogens is 216 g/mol. The van der Waals surface area contributed by atoms with Crippen LogP contribution in [0, 0.1) is 10.1 Å². The first kappa shape index (κ1) is 9.97. The van der Waals surface area contributed by atoms with E-state index in [-0.39, 0.29) is 11.6 Å². The number of rotatable bonds is 2. The molecule has 7 heteroatoms. The predicted molar refractivity (Wildman–Crippen MR) is 51.9 cm³/mol. The average molecular weight is 222 g/mol. The lowest BCUT2D eigenvalue weighted by Gasteiger charge is -1.94. The molecule has 2 N–H and O–H groups in total. The van der Waals surface area contributed by atoms with E-state index in [1.807, 2.05) is 0 Å². The van der Waals surface area contributed by atoms with Crippen LogP contribution in [0.25, 0.3) is 11.5 Å². The molecule has 7 nitrogen and oxygen atoms in total. The molecule has 1 heterocycles. The fraction of sp³-hybridized carbons (Fsp3) is 0. The number of nitro groups is 1. The Balaban J connectivity index is 2.38. The highest BCUT2D eigenvalue weighted by atomic mass is 16.6. The van der Waals surface area contributed by atoms with Gasteiger partial charge in [0.05, 0.1) is 4.92 Å². The number of nitrogens with zero attached hydrogens (tertiary/aromatic N) is 2. The van der Waals surface area contributed by atoms with Gasteiger partial charge in [-0.3, -0.25) is 10.1 Å². The first-order valence-electron chi connectivity index (χ1n) is 4.21. The van der Waals surface area contributed by atoms with Crippen molar-refractivity contribution in [3.8, 4) is 23.3 Å². The van der Waals surface area contributed by atoms with Gasteiger partial charge in [-0.2, -0.15) is 4.98 Å². The van der Waals surface area contributed by atoms with Crippen molar-refractivity contribution in [1.29, 1.82) is 0 Å². The quantitative estimate of drug-likeness (QED) is 0.590. The molecule has 0 saturated carbocycles. The molecule has 1 aromatic carbocycles. The van der Waals surface area contributed by atoms with E-state index in [0.717, 1.165) is 0 Å². The van der Waals surface area contributed by atoms with Gasteiger partial charge in [0.2, 0.25) is 5.89 Å². The second-order valence-corrected chi connectivity index (χ2v) is 2.95. The Bertz CT molecular complexity index is 512. The minimum Gasteiger partial charge on any atom is -0.488 e. The van der Waals surface area contributed by atoms with Gasteiger partial charge in [-0.1, -0.05) is 0 Å². The number of aromatic hydroxyl groups is 2. The van der Waals surface area contributed by atoms with Gasteiger partial charge < -0.3 is 14.6 Å². The van der Waals surface area contributed by atoms with Gasteiger partial charge in [0, 0.05) is 17.7 Å². The third-order valence-corrected chi connectivity index (χ3v) is 1.92. The van der Waals surface area contributed by atoms with Crippen LogP contribution in [0.4, 0.5) is 5.69 Å². The summed E-state index contributed by atoms with van der Waals surface area (Å²) in [6, 6.07) is 5.35. The van der Waals surface area contributed by atoms with E-state index in [9.17, 15) is 10.1 Å². The summed E-state index contributed by atoms with van der Waals surface area (Å²) in [5, 5.41) is 28.3. The van der Waals surface area contributed by atoms with E-state index in [0.29, 0.717) is 5.56 Å². The number of benzene rings is 1. The molecule has 0 bridgehead atoms. The van der Waals surface area contributed by atoms with Crippen LogP contribution in [0.3, 0.4) is 0 Å². The first-order valence-corrected chi connectivity index (χ1v) is 4.21. The number of hydrogen-bond donors (Lipinski definition) is 2. The highest BCUT2D eigenvalue weighted by molar-refractivity contribution is 5.57. The van der Waals surface area contributed by atoms with Crippen molar-refractivity contribution >= 4 is 5.69 Å². The maximum absolute atomic E-state index is 10.4. The van der Waals surface area contributed by atoms with E-state index >= 15 is 0 Å². The Hall–Kier alpha value is -2.57. The SMILES string of the molecule is O=[N+]([O-])c1ccc(-c2nc(O)c(O)o2)cc1. The van der Waals surface area contributed by atoms with E-state index in [1.165, 1.54) is 24.3 Å². The van der Waals surface area contributed by atoms with Crippen molar-refractivity contribution in [3.05, 3.63) is 34.4 Å². The van der Waals surface area contributed by atoms with Crippen LogP contribution in [0.1, 0.15) is 0 Å². The molecule has 0 spiro atoms. The molecule has 0 amide bonds. The molecule has 82 valence electrons. The minimum atomic E-state index is -0.687. The van der Waals surface area contributed by atoms with Crippen molar-refractivity contribution in [2.75, 3.05) is 0 Å². The Morgan fingerprint density at radius 1 is 1.25 bits per heavy atom. The van der Waals surface area contributed by atoms with Crippen molar-refractivity contribution in [1.82, 2.24) is 4.98 Å². The van der Waals surface area contributed by atoms with Crippen LogP contribution in [-0.2, 0) is 0 Å². The Labute approximate surface area is 88.7 Å². The molecule has 0 saturated heterocycles. The third kappa shape index (κ3) is 1.65. The fourth-order valence-electron chi connectivity index (χ4n) is 1.15. The molecule has 2 aromatic rings. The van der Waals surface area contributed by atoms with E-state index in [1.54, 1.807) is 0 Å². The van der Waals surface area contributed by atoms with Gasteiger partial charge in [0.15, 0.2) is 0 Å². The maximum Gasteiger partial charge on any atom is 0.349 e. The van der Waals surface area contributed by atoms with Crippen molar-refractivity contribution in [3.63, 3.8) is 0 Å². The van der Waals surface area contributed by atoms with E-state index in [4.69, 9.17) is 14.6 Å². The molecule has 1 aromatic heterocycles. The van der Waals surface area contributed by atoms with Crippen molar-refractivity contribution in [2.45, 2.75) is 0 Å². The topological polar surface area (TPSA) is 110 Å². The van der Waals surface area contributed by atoms with E-state index in [2.05, 4.69) is 4.98 Å². The number of nitro benzene ring substituents is 1. The molecule has 2 rings (SSSR count). The summed E-state index contributed by atoms with van der Waals surface area (Å²) >= 11 is 0. The molecule has 0 aliphatic rings. The lowest BCUT2D eigenvalue weighted by atomic mass is 10.2. The van der Waals surface area contributed by atoms with Crippen molar-refractivity contribution < 1.29 is 19.6 Å². The molecular formula is C9H6N2O5. The zero-order valence-corrected chi connectivity index (χ0v) is 7.82. The largest absolute Gasteiger partial charge is 0.488 e. The van der Waals surface area contributed by atoms with Gasteiger partial charge in [0.25, 0.3) is 11.6 Å². The summed E-state index contributed by atoms with van der Waals surface area (Å²) in [7, 11) is 0. The monoisotopic (exact) mass is 222 g/mol. The fourth-order valence-corrected chi connectivity index (χ4v) is 1.15. The number of aromatic nitrogens is 1. The molecule has 0 radical (unpaired) electrons. The smallest absolute Gasteiger partial charge is 0.349 e. The second-order valence-electron chi connectivity index (χ2n) is 2.95. The number of oxazole rings is 1. The zero-order valence-electron chi connectivity index (χ0n) is 7.82. The first-order chi connectivity index (χ1) is 7.58. The molecule has 0 aliphatic heterocycles. The predicted octanol–water partition coefficient (Wildman–Crippen LogP) is 1.66. The Morgan fingerprint density at radius 3 is 2.31 bits per heavy atom. The van der Waals surface area contributed by atoms with Gasteiger partial charge >= 0.3 is 5.95 Å². The van der Waals surface area contributed by atoms with Gasteiger partial charge in [-0.05, 0) is 12.1 Å². The van der Waals surface area contributed by atoms with E-state index < -0.39 is 16.7 Å². The Morgan fingerprint density at radius 2 is 1.88 bits per heavy atom. The summed E-state index contributed by atoms with van der Waals surface area (Å²) in [5.41, 5.74) is 0.352. The highest BCUT2D eigenvalue weighted by Gasteiger charge is 2.13. The zero-order chi connectivity index (χ0) is 11.7. The molecule has 0 unspecified atom stereocenters. The lowest BCUT2D eigenvalue weighted by Crippen LogP contribution is -1.87. The highest BCUT2D eigenvalue weighted by Crippen LogP contribution is 2.31. The van der Waals surface area contributed by atoms with Gasteiger partial charge in [-0.15, -0.1) is 0 Å². The van der Waals surface area contributed by atoms with Crippen LogP contribution in [0.2, 0.25) is 0 Å². The standard InChI is InChI=1S/C9H6N2O5/c12-7-9(13)16-8(10-7)5-1-3-6(4-2-5)11(14)15/h1-4,12-13H. The van der Waals surface area contributed by atoms with Crippen LogP contribution >= 0.6 is 0 Å². The van der Waals surface area contributed by atoms with Crippen LogP contribution in [0.15, 0.2) is 28.7 Å². The van der Waals surface area contributed by atoms with Crippen LogP contribution < -0.4 is 0 Å². The molecule has 16 heavy (non-hydrogen) atoms. The molecule has 0 aliphatic carbocycles. The molecule has 0 fully saturated rings. The third-order valence-electron chi connectivity index (χ3n) is 1.92. The summed E-state index contributed by atoms with van der Waals surface area (Å²) in [6.45, 7) is 0. The summed E-state index contributed by atoms with van der Waals surface area (Å²) < 4.78 is 4.73.